The molecule has 1 atom stereocenters. The molecule has 0 bridgehead atoms. The molecule has 2 aliphatic rings. The van der Waals surface area contributed by atoms with Gasteiger partial charge >= 0.3 is 0 Å². The lowest BCUT2D eigenvalue weighted by atomic mass is 9.85. The maximum Gasteiger partial charge on any atom is 0.225 e. The molecule has 1 spiro atoms. The van der Waals surface area contributed by atoms with Gasteiger partial charge in [-0.1, -0.05) is 13.8 Å². The third-order valence-corrected chi connectivity index (χ3v) is 5.82. The Morgan fingerprint density at radius 1 is 1.29 bits per heavy atom. The molecule has 2 saturated heterocycles. The zero-order valence-corrected chi connectivity index (χ0v) is 15.6. The van der Waals surface area contributed by atoms with E-state index < -0.39 is 0 Å². The van der Waals surface area contributed by atoms with Crippen molar-refractivity contribution in [1.29, 1.82) is 0 Å². The first kappa shape index (κ1) is 17.4. The van der Waals surface area contributed by atoms with E-state index in [2.05, 4.69) is 21.7 Å². The molecule has 132 valence electrons. The normalized spacial score (nSPS) is 25.8. The van der Waals surface area contributed by atoms with Gasteiger partial charge in [0, 0.05) is 64.1 Å². The van der Waals surface area contributed by atoms with Crippen LogP contribution in [-0.4, -0.2) is 66.3 Å². The number of hydrogen-bond donors (Lipinski definition) is 0. The minimum atomic E-state index is -0.136. The number of rotatable bonds is 3. The summed E-state index contributed by atoms with van der Waals surface area (Å²) < 4.78 is 0. The van der Waals surface area contributed by atoms with E-state index in [4.69, 9.17) is 0 Å². The summed E-state index contributed by atoms with van der Waals surface area (Å²) in [6.45, 7) is 8.74. The highest BCUT2D eigenvalue weighted by Crippen LogP contribution is 2.35. The Morgan fingerprint density at radius 3 is 2.67 bits per heavy atom. The van der Waals surface area contributed by atoms with Crippen LogP contribution in [0.25, 0.3) is 0 Å². The molecule has 24 heavy (non-hydrogen) atoms. The summed E-state index contributed by atoms with van der Waals surface area (Å²) in [6.07, 6.45) is 0.547. The summed E-state index contributed by atoms with van der Waals surface area (Å²) in [5.41, 5.74) is 1.18. The lowest BCUT2D eigenvalue weighted by molar-refractivity contribution is -0.135. The predicted octanol–water partition coefficient (Wildman–Crippen LogP) is 1.90. The van der Waals surface area contributed by atoms with Crippen LogP contribution < -0.4 is 0 Å². The molecule has 2 fully saturated rings. The molecular weight excluding hydrogens is 322 g/mol. The van der Waals surface area contributed by atoms with Crippen molar-refractivity contribution in [3.8, 4) is 0 Å². The highest BCUT2D eigenvalue weighted by molar-refractivity contribution is 7.07. The van der Waals surface area contributed by atoms with Crippen LogP contribution in [0.4, 0.5) is 0 Å². The molecule has 2 aliphatic heterocycles. The molecule has 2 amide bonds. The molecule has 5 nitrogen and oxygen atoms in total. The largest absolute Gasteiger partial charge is 0.345 e. The molecule has 0 saturated carbocycles. The second kappa shape index (κ2) is 6.84. The Morgan fingerprint density at radius 2 is 2.08 bits per heavy atom. The van der Waals surface area contributed by atoms with Gasteiger partial charge in [-0.15, -0.1) is 0 Å². The fourth-order valence-electron chi connectivity index (χ4n) is 3.99. The number of nitrogens with zero attached hydrogens (tertiary/aromatic N) is 3. The minimum Gasteiger partial charge on any atom is -0.345 e. The van der Waals surface area contributed by atoms with Crippen molar-refractivity contribution in [2.45, 2.75) is 26.8 Å². The molecule has 1 aromatic rings. The first-order valence-electron chi connectivity index (χ1n) is 8.65. The Balaban J connectivity index is 1.81. The summed E-state index contributed by atoms with van der Waals surface area (Å²) in [5, 5.41) is 4.28. The average Bonchev–Trinajstić information content (AvgIpc) is 3.06. The minimum absolute atomic E-state index is 0.000285. The zero-order valence-electron chi connectivity index (χ0n) is 14.8. The Kier molecular flexibility index (Phi) is 4.97. The lowest BCUT2D eigenvalue weighted by Crippen LogP contribution is -2.45. The summed E-state index contributed by atoms with van der Waals surface area (Å²) in [5.74, 6) is 0.401. The number of carbonyl (C=O) groups excluding carboxylic acids is 2. The van der Waals surface area contributed by atoms with Gasteiger partial charge in [0.05, 0.1) is 0 Å². The smallest absolute Gasteiger partial charge is 0.225 e. The molecule has 0 aliphatic carbocycles. The van der Waals surface area contributed by atoms with Crippen LogP contribution in [-0.2, 0) is 16.1 Å². The number of carbonyl (C=O) groups is 2. The molecule has 0 radical (unpaired) electrons. The monoisotopic (exact) mass is 349 g/mol. The van der Waals surface area contributed by atoms with Crippen LogP contribution in [0, 0.1) is 11.3 Å². The molecule has 0 aromatic carbocycles. The van der Waals surface area contributed by atoms with Gasteiger partial charge in [-0.05, 0) is 22.4 Å². The second-order valence-corrected chi connectivity index (χ2v) is 8.46. The summed E-state index contributed by atoms with van der Waals surface area (Å²) >= 11 is 1.71. The summed E-state index contributed by atoms with van der Waals surface area (Å²) in [6, 6.07) is 2.16. The van der Waals surface area contributed by atoms with Gasteiger partial charge in [0.15, 0.2) is 0 Å². The topological polar surface area (TPSA) is 43.9 Å². The van der Waals surface area contributed by atoms with Crippen LogP contribution in [0.3, 0.4) is 0 Å². The van der Waals surface area contributed by atoms with Crippen LogP contribution in [0.15, 0.2) is 16.8 Å². The third-order valence-electron chi connectivity index (χ3n) is 5.09. The number of hydrogen-bond acceptors (Lipinski definition) is 4. The second-order valence-electron chi connectivity index (χ2n) is 7.68. The van der Waals surface area contributed by atoms with Gasteiger partial charge in [0.25, 0.3) is 0 Å². The average molecular weight is 350 g/mol. The third kappa shape index (κ3) is 3.64. The van der Waals surface area contributed by atoms with E-state index in [-0.39, 0.29) is 23.1 Å². The highest BCUT2D eigenvalue weighted by Gasteiger charge is 2.46. The van der Waals surface area contributed by atoms with Crippen molar-refractivity contribution in [3.63, 3.8) is 0 Å². The maximum absolute atomic E-state index is 12.6. The van der Waals surface area contributed by atoms with E-state index in [9.17, 15) is 9.59 Å². The molecular formula is C18H27N3O2S. The Hall–Kier alpha value is -1.40. The predicted molar refractivity (Wildman–Crippen MR) is 95.7 cm³/mol. The molecule has 3 heterocycles. The number of amides is 2. The first-order chi connectivity index (χ1) is 11.4. The quantitative estimate of drug-likeness (QED) is 0.837. The van der Waals surface area contributed by atoms with Crippen molar-refractivity contribution < 1.29 is 9.59 Å². The van der Waals surface area contributed by atoms with Gasteiger partial charge in [0.1, 0.15) is 0 Å². The van der Waals surface area contributed by atoms with Crippen LogP contribution >= 0.6 is 11.3 Å². The lowest BCUT2D eigenvalue weighted by Gasteiger charge is -2.34. The van der Waals surface area contributed by atoms with Crippen molar-refractivity contribution in [3.05, 3.63) is 22.4 Å². The van der Waals surface area contributed by atoms with Crippen molar-refractivity contribution in [2.24, 2.45) is 11.3 Å². The van der Waals surface area contributed by atoms with E-state index in [1.54, 1.807) is 11.3 Å². The fourth-order valence-corrected chi connectivity index (χ4v) is 4.65. The van der Waals surface area contributed by atoms with E-state index in [0.717, 1.165) is 32.7 Å². The maximum atomic E-state index is 12.6. The zero-order chi connectivity index (χ0) is 17.3. The van der Waals surface area contributed by atoms with E-state index in [0.29, 0.717) is 13.0 Å². The van der Waals surface area contributed by atoms with Gasteiger partial charge < -0.3 is 9.80 Å². The summed E-state index contributed by atoms with van der Waals surface area (Å²) in [7, 11) is 1.87. The van der Waals surface area contributed by atoms with Crippen LogP contribution in [0.5, 0.6) is 0 Å². The van der Waals surface area contributed by atoms with Crippen molar-refractivity contribution in [2.75, 3.05) is 39.8 Å². The standard InChI is InChI=1S/C18H27N3O2S/c1-14(2)17(23)21-6-5-20(9-15-4-7-24-10-15)12-18(13-21)8-16(22)19(3)11-18/h4,7,10,14H,5-6,8-9,11-13H2,1-3H3. The van der Waals surface area contributed by atoms with Crippen molar-refractivity contribution in [1.82, 2.24) is 14.7 Å². The molecule has 3 rings (SSSR count). The SMILES string of the molecule is CC(C)C(=O)N1CCN(Cc2ccsc2)CC2(CC(=O)N(C)C2)C1. The van der Waals surface area contributed by atoms with E-state index in [1.807, 2.05) is 30.7 Å². The van der Waals surface area contributed by atoms with E-state index in [1.165, 1.54) is 5.56 Å². The van der Waals surface area contributed by atoms with Crippen LogP contribution in [0.1, 0.15) is 25.8 Å². The summed E-state index contributed by atoms with van der Waals surface area (Å²) in [4.78, 5) is 31.0. The highest BCUT2D eigenvalue weighted by atomic mass is 32.1. The molecule has 1 unspecified atom stereocenters. The Bertz CT molecular complexity index is 601. The number of thiophene rings is 1. The molecule has 0 N–H and O–H groups in total. The van der Waals surface area contributed by atoms with Crippen molar-refractivity contribution >= 4 is 23.2 Å². The first-order valence-corrected chi connectivity index (χ1v) is 9.59. The van der Waals surface area contributed by atoms with E-state index >= 15 is 0 Å². The molecule has 1 aromatic heterocycles. The van der Waals surface area contributed by atoms with Gasteiger partial charge in [0.2, 0.25) is 11.8 Å². The van der Waals surface area contributed by atoms with Gasteiger partial charge in [-0.25, -0.2) is 0 Å². The van der Waals surface area contributed by atoms with Crippen LogP contribution in [0.2, 0.25) is 0 Å². The number of likely N-dealkylation sites (tertiary alicyclic amines) is 1. The molecule has 6 heteroatoms. The Labute approximate surface area is 148 Å². The fraction of sp³-hybridized carbons (Fsp3) is 0.667. The van der Waals surface area contributed by atoms with Gasteiger partial charge in [-0.3, -0.25) is 14.5 Å². The van der Waals surface area contributed by atoms with Gasteiger partial charge in [-0.2, -0.15) is 11.3 Å².